The van der Waals surface area contributed by atoms with Crippen molar-refractivity contribution in [1.82, 2.24) is 24.7 Å². The molecule has 0 spiro atoms. The highest BCUT2D eigenvalue weighted by Gasteiger charge is 2.33. The zero-order valence-electron chi connectivity index (χ0n) is 14.1. The average Bonchev–Trinajstić information content (AvgIpc) is 3.39. The molecule has 1 fully saturated rings. The van der Waals surface area contributed by atoms with E-state index in [1.807, 2.05) is 58.0 Å². The van der Waals surface area contributed by atoms with E-state index in [9.17, 15) is 4.79 Å². The third-order valence-corrected chi connectivity index (χ3v) is 4.98. The Kier molecular flexibility index (Phi) is 3.44. The van der Waals surface area contributed by atoms with Crippen LogP contribution >= 0.6 is 0 Å². The smallest absolute Gasteiger partial charge is 0.229 e. The number of rotatable bonds is 3. The van der Waals surface area contributed by atoms with Crippen molar-refractivity contribution < 1.29 is 9.32 Å². The van der Waals surface area contributed by atoms with E-state index in [-0.39, 0.29) is 18.4 Å². The van der Waals surface area contributed by atoms with Crippen LogP contribution in [-0.2, 0) is 11.2 Å². The molecular formula is C19H17N5O2. The number of nitrogens with zero attached hydrogens (tertiary/aromatic N) is 5. The molecule has 0 aliphatic carbocycles. The fourth-order valence-corrected chi connectivity index (χ4v) is 3.73. The minimum Gasteiger partial charge on any atom is -0.356 e. The fourth-order valence-electron chi connectivity index (χ4n) is 3.73. The third-order valence-electron chi connectivity index (χ3n) is 4.98. The molecule has 1 aliphatic heterocycles. The second kappa shape index (κ2) is 5.94. The van der Waals surface area contributed by atoms with Gasteiger partial charge in [-0.15, -0.1) is 10.2 Å². The minimum atomic E-state index is -0.0573. The van der Waals surface area contributed by atoms with Gasteiger partial charge in [-0.05, 0) is 37.1 Å². The van der Waals surface area contributed by atoms with E-state index in [4.69, 9.17) is 4.52 Å². The van der Waals surface area contributed by atoms with Crippen molar-refractivity contribution in [2.24, 2.45) is 0 Å². The second-order valence-corrected chi connectivity index (χ2v) is 6.53. The summed E-state index contributed by atoms with van der Waals surface area (Å²) in [5, 5.41) is 13.5. The molecule has 3 aromatic heterocycles. The molecule has 0 unspecified atom stereocenters. The number of benzene rings is 1. The lowest BCUT2D eigenvalue weighted by atomic mass is 10.1. The predicted molar refractivity (Wildman–Crippen MR) is 94.4 cm³/mol. The highest BCUT2D eigenvalue weighted by Crippen LogP contribution is 2.32. The summed E-state index contributed by atoms with van der Waals surface area (Å²) in [6.07, 6.45) is 4.01. The van der Waals surface area contributed by atoms with Gasteiger partial charge < -0.3 is 9.42 Å². The first kappa shape index (κ1) is 15.1. The zero-order valence-corrected chi connectivity index (χ0v) is 14.1. The van der Waals surface area contributed by atoms with Crippen LogP contribution in [0.15, 0.2) is 53.2 Å². The first-order chi connectivity index (χ1) is 12.8. The largest absolute Gasteiger partial charge is 0.356 e. The third kappa shape index (κ3) is 2.35. The average molecular weight is 347 g/mol. The highest BCUT2D eigenvalue weighted by molar-refractivity contribution is 5.86. The maximum absolute atomic E-state index is 13.0. The van der Waals surface area contributed by atoms with Crippen LogP contribution in [0.5, 0.6) is 0 Å². The summed E-state index contributed by atoms with van der Waals surface area (Å²) in [6, 6.07) is 13.3. The molecule has 0 bridgehead atoms. The topological polar surface area (TPSA) is 76.5 Å². The predicted octanol–water partition coefficient (Wildman–Crippen LogP) is 2.78. The van der Waals surface area contributed by atoms with Crippen LogP contribution in [0.3, 0.4) is 0 Å². The molecule has 1 atom stereocenters. The fraction of sp³-hybridized carbons (Fsp3) is 0.263. The van der Waals surface area contributed by atoms with Gasteiger partial charge in [-0.2, -0.15) is 0 Å². The van der Waals surface area contributed by atoms with Gasteiger partial charge in [0.25, 0.3) is 0 Å². The Morgan fingerprint density at radius 1 is 1.15 bits per heavy atom. The van der Waals surface area contributed by atoms with Crippen molar-refractivity contribution in [3.63, 3.8) is 0 Å². The molecule has 1 aromatic carbocycles. The van der Waals surface area contributed by atoms with E-state index < -0.39 is 0 Å². The van der Waals surface area contributed by atoms with E-state index in [1.54, 1.807) is 0 Å². The van der Waals surface area contributed by atoms with E-state index in [0.29, 0.717) is 11.3 Å². The molecule has 130 valence electrons. The number of amides is 1. The van der Waals surface area contributed by atoms with Crippen LogP contribution in [0.25, 0.3) is 16.6 Å². The lowest BCUT2D eigenvalue weighted by Gasteiger charge is -2.23. The summed E-state index contributed by atoms with van der Waals surface area (Å²) in [6.45, 7) is 0.723. The van der Waals surface area contributed by atoms with Crippen molar-refractivity contribution in [3.8, 4) is 0 Å². The minimum absolute atomic E-state index is 0.0410. The Morgan fingerprint density at radius 2 is 2.04 bits per heavy atom. The van der Waals surface area contributed by atoms with Gasteiger partial charge in [0.15, 0.2) is 17.1 Å². The monoisotopic (exact) mass is 347 g/mol. The van der Waals surface area contributed by atoms with Crippen molar-refractivity contribution >= 4 is 22.5 Å². The Morgan fingerprint density at radius 3 is 3.00 bits per heavy atom. The van der Waals surface area contributed by atoms with E-state index in [2.05, 4.69) is 15.4 Å². The van der Waals surface area contributed by atoms with Gasteiger partial charge in [0.1, 0.15) is 5.69 Å². The summed E-state index contributed by atoms with van der Waals surface area (Å²) in [5.74, 6) is 0.857. The van der Waals surface area contributed by atoms with Crippen LogP contribution in [0, 0.1) is 0 Å². The number of aromatic nitrogens is 4. The molecular weight excluding hydrogens is 330 g/mol. The maximum atomic E-state index is 13.0. The summed E-state index contributed by atoms with van der Waals surface area (Å²) in [5.41, 5.74) is 2.18. The molecule has 4 heterocycles. The summed E-state index contributed by atoms with van der Waals surface area (Å²) < 4.78 is 7.28. The van der Waals surface area contributed by atoms with E-state index in [1.165, 1.54) is 0 Å². The molecule has 0 N–H and O–H groups in total. The second-order valence-electron chi connectivity index (χ2n) is 6.53. The number of hydrogen-bond donors (Lipinski definition) is 0. The molecule has 7 nitrogen and oxygen atoms in total. The Bertz CT molecular complexity index is 1100. The Balaban J connectivity index is 1.44. The Labute approximate surface area is 149 Å². The molecule has 0 saturated carbocycles. The molecule has 7 heteroatoms. The lowest BCUT2D eigenvalue weighted by molar-refractivity contribution is -0.131. The summed E-state index contributed by atoms with van der Waals surface area (Å²) in [7, 11) is 0. The van der Waals surface area contributed by atoms with E-state index in [0.717, 1.165) is 36.2 Å². The van der Waals surface area contributed by atoms with Crippen molar-refractivity contribution in [2.45, 2.75) is 25.3 Å². The van der Waals surface area contributed by atoms with Gasteiger partial charge in [0.2, 0.25) is 5.91 Å². The van der Waals surface area contributed by atoms with Crippen LogP contribution < -0.4 is 0 Å². The van der Waals surface area contributed by atoms with Crippen LogP contribution in [0.1, 0.15) is 30.4 Å². The zero-order chi connectivity index (χ0) is 17.5. The van der Waals surface area contributed by atoms with Crippen LogP contribution in [0.2, 0.25) is 0 Å². The SMILES string of the molecule is O=C(Cc1noc2ccccc12)N1CCC[C@H]1c1nnc2ccccn12. The number of para-hydroxylation sites is 1. The van der Waals surface area contributed by atoms with Gasteiger partial charge in [-0.1, -0.05) is 23.4 Å². The molecule has 1 aliphatic rings. The normalized spacial score (nSPS) is 17.4. The molecule has 26 heavy (non-hydrogen) atoms. The summed E-state index contributed by atoms with van der Waals surface area (Å²) >= 11 is 0. The van der Waals surface area contributed by atoms with Gasteiger partial charge in [0.05, 0.1) is 12.5 Å². The first-order valence-electron chi connectivity index (χ1n) is 8.74. The van der Waals surface area contributed by atoms with Crippen LogP contribution in [-0.4, -0.2) is 37.1 Å². The Hall–Kier alpha value is -3.22. The first-order valence-corrected chi connectivity index (χ1v) is 8.74. The van der Waals surface area contributed by atoms with Crippen molar-refractivity contribution in [2.75, 3.05) is 6.54 Å². The molecule has 4 aromatic rings. The van der Waals surface area contributed by atoms with Gasteiger partial charge in [-0.25, -0.2) is 0 Å². The molecule has 5 rings (SSSR count). The lowest BCUT2D eigenvalue weighted by Crippen LogP contribution is -2.32. The molecule has 1 saturated heterocycles. The summed E-state index contributed by atoms with van der Waals surface area (Å²) in [4.78, 5) is 14.9. The molecule has 1 amide bonds. The number of pyridine rings is 1. The van der Waals surface area contributed by atoms with Crippen molar-refractivity contribution in [3.05, 3.63) is 60.2 Å². The number of fused-ring (bicyclic) bond motifs is 2. The quantitative estimate of drug-likeness (QED) is 0.569. The molecule has 0 radical (unpaired) electrons. The highest BCUT2D eigenvalue weighted by atomic mass is 16.5. The number of likely N-dealkylation sites (tertiary alicyclic amines) is 1. The van der Waals surface area contributed by atoms with Gasteiger partial charge >= 0.3 is 0 Å². The number of carbonyl (C=O) groups is 1. The van der Waals surface area contributed by atoms with Gasteiger partial charge in [0, 0.05) is 18.1 Å². The number of hydrogen-bond acceptors (Lipinski definition) is 5. The van der Waals surface area contributed by atoms with Crippen LogP contribution in [0.4, 0.5) is 0 Å². The van der Waals surface area contributed by atoms with E-state index >= 15 is 0 Å². The van der Waals surface area contributed by atoms with Crippen molar-refractivity contribution in [1.29, 1.82) is 0 Å². The number of carbonyl (C=O) groups excluding carboxylic acids is 1. The van der Waals surface area contributed by atoms with Gasteiger partial charge in [-0.3, -0.25) is 9.20 Å². The maximum Gasteiger partial charge on any atom is 0.229 e. The standard InChI is InChI=1S/C19H17N5O2/c25-18(12-14-13-6-1-2-8-16(13)26-22-14)23-11-5-7-15(23)19-21-20-17-9-3-4-10-24(17)19/h1-4,6,8-10,15H,5,7,11-12H2/t15-/m0/s1.